The van der Waals surface area contributed by atoms with Crippen LogP contribution in [0.5, 0.6) is 0 Å². The van der Waals surface area contributed by atoms with E-state index < -0.39 is 15.9 Å². The van der Waals surface area contributed by atoms with Gasteiger partial charge in [-0.3, -0.25) is 9.10 Å². The number of rotatable bonds is 8. The molecule has 0 bridgehead atoms. The molecule has 31 heavy (non-hydrogen) atoms. The third-order valence-electron chi connectivity index (χ3n) is 4.97. The van der Waals surface area contributed by atoms with Crippen LogP contribution in [0.25, 0.3) is 0 Å². The summed E-state index contributed by atoms with van der Waals surface area (Å²) in [5.41, 5.74) is 2.38. The summed E-state index contributed by atoms with van der Waals surface area (Å²) in [5, 5.41) is 3.24. The molecule has 162 valence electrons. The van der Waals surface area contributed by atoms with Crippen LogP contribution >= 0.6 is 11.6 Å². The molecule has 0 aliphatic heterocycles. The Bertz CT molecular complexity index is 1130. The Labute approximate surface area is 188 Å². The topological polar surface area (TPSA) is 66.5 Å². The Balaban J connectivity index is 1.81. The molecule has 0 radical (unpaired) electrons. The van der Waals surface area contributed by atoms with Crippen LogP contribution in [0.15, 0.2) is 83.8 Å². The number of hydrogen-bond acceptors (Lipinski definition) is 3. The van der Waals surface area contributed by atoms with Crippen LogP contribution in [-0.2, 0) is 14.8 Å². The van der Waals surface area contributed by atoms with Crippen LogP contribution < -0.4 is 9.62 Å². The first-order valence-corrected chi connectivity index (χ1v) is 11.8. The Morgan fingerprint density at radius 3 is 2.32 bits per heavy atom. The Kier molecular flexibility index (Phi) is 7.36. The van der Waals surface area contributed by atoms with Gasteiger partial charge in [0.15, 0.2) is 0 Å². The fourth-order valence-corrected chi connectivity index (χ4v) is 4.73. The van der Waals surface area contributed by atoms with E-state index in [1.807, 2.05) is 44.2 Å². The van der Waals surface area contributed by atoms with E-state index in [4.69, 9.17) is 11.6 Å². The third-order valence-corrected chi connectivity index (χ3v) is 6.99. The standard InChI is InChI=1S/C24H25ClN2O3S/c1-18-11-13-23(14-12-18)31(29,30)27(22-10-6-9-21(25)15-22)17-24(28)26-16-19(2)20-7-4-3-5-8-20/h3-15,19H,16-17H2,1-2H3,(H,26,28)/t19-/m0/s1. The third kappa shape index (κ3) is 5.87. The minimum Gasteiger partial charge on any atom is -0.354 e. The van der Waals surface area contributed by atoms with E-state index in [1.54, 1.807) is 30.3 Å². The summed E-state index contributed by atoms with van der Waals surface area (Å²) < 4.78 is 27.8. The highest BCUT2D eigenvalue weighted by molar-refractivity contribution is 7.92. The minimum atomic E-state index is -3.96. The fraction of sp³-hybridized carbons (Fsp3) is 0.208. The summed E-state index contributed by atoms with van der Waals surface area (Å²) in [6.07, 6.45) is 0. The van der Waals surface area contributed by atoms with Crippen LogP contribution in [0.3, 0.4) is 0 Å². The summed E-state index contributed by atoms with van der Waals surface area (Å²) in [5.74, 6) is -0.295. The number of carbonyl (C=O) groups excluding carboxylic acids is 1. The molecule has 3 aromatic rings. The molecule has 0 saturated carbocycles. The number of anilines is 1. The SMILES string of the molecule is Cc1ccc(S(=O)(=O)N(CC(=O)NC[C@H](C)c2ccccc2)c2cccc(Cl)c2)cc1. The maximum atomic E-state index is 13.4. The number of hydrogen-bond donors (Lipinski definition) is 1. The van der Waals surface area contributed by atoms with Gasteiger partial charge in [-0.2, -0.15) is 0 Å². The molecule has 3 aromatic carbocycles. The van der Waals surface area contributed by atoms with Gasteiger partial charge in [0.2, 0.25) is 5.91 Å². The monoisotopic (exact) mass is 456 g/mol. The van der Waals surface area contributed by atoms with Gasteiger partial charge in [-0.15, -0.1) is 0 Å². The summed E-state index contributed by atoms with van der Waals surface area (Å²) >= 11 is 6.09. The minimum absolute atomic E-state index is 0.0958. The van der Waals surface area contributed by atoms with Crippen molar-refractivity contribution in [3.63, 3.8) is 0 Å². The molecular weight excluding hydrogens is 432 g/mol. The van der Waals surface area contributed by atoms with E-state index in [2.05, 4.69) is 5.32 Å². The van der Waals surface area contributed by atoms with Crippen LogP contribution in [0, 0.1) is 6.92 Å². The van der Waals surface area contributed by atoms with Gasteiger partial charge in [0, 0.05) is 11.6 Å². The van der Waals surface area contributed by atoms with Gasteiger partial charge in [0.1, 0.15) is 6.54 Å². The molecule has 0 heterocycles. The van der Waals surface area contributed by atoms with E-state index in [-0.39, 0.29) is 17.4 Å². The largest absolute Gasteiger partial charge is 0.354 e. The lowest BCUT2D eigenvalue weighted by Gasteiger charge is -2.24. The predicted octanol–water partition coefficient (Wildman–Crippen LogP) is 4.76. The predicted molar refractivity (Wildman–Crippen MR) is 125 cm³/mol. The zero-order valence-corrected chi connectivity index (χ0v) is 19.0. The molecule has 1 atom stereocenters. The van der Waals surface area contributed by atoms with E-state index >= 15 is 0 Å². The molecule has 7 heteroatoms. The van der Waals surface area contributed by atoms with Crippen molar-refractivity contribution in [3.05, 3.63) is 95.0 Å². The summed E-state index contributed by atoms with van der Waals surface area (Å²) in [6.45, 7) is 3.94. The van der Waals surface area contributed by atoms with Gasteiger partial charge in [0.05, 0.1) is 10.6 Å². The second-order valence-electron chi connectivity index (χ2n) is 7.42. The van der Waals surface area contributed by atoms with Crippen LogP contribution in [0.4, 0.5) is 5.69 Å². The van der Waals surface area contributed by atoms with Crippen LogP contribution in [0.2, 0.25) is 5.02 Å². The molecule has 0 aromatic heterocycles. The van der Waals surface area contributed by atoms with Crippen LogP contribution in [-0.4, -0.2) is 27.4 Å². The number of halogens is 1. The van der Waals surface area contributed by atoms with Crippen molar-refractivity contribution in [1.29, 1.82) is 0 Å². The molecule has 0 fully saturated rings. The number of nitrogens with zero attached hydrogens (tertiary/aromatic N) is 1. The number of amides is 1. The van der Waals surface area contributed by atoms with E-state index in [0.717, 1.165) is 15.4 Å². The molecule has 1 amide bonds. The molecule has 1 N–H and O–H groups in total. The summed E-state index contributed by atoms with van der Waals surface area (Å²) in [7, 11) is -3.96. The first kappa shape index (κ1) is 22.8. The normalized spacial score (nSPS) is 12.2. The van der Waals surface area contributed by atoms with Crippen molar-refractivity contribution in [2.45, 2.75) is 24.7 Å². The number of benzene rings is 3. The number of nitrogens with one attached hydrogen (secondary N) is 1. The quantitative estimate of drug-likeness (QED) is 0.531. The van der Waals surface area contributed by atoms with Gasteiger partial charge >= 0.3 is 0 Å². The first-order chi connectivity index (χ1) is 14.8. The van der Waals surface area contributed by atoms with Gasteiger partial charge in [0.25, 0.3) is 10.0 Å². The van der Waals surface area contributed by atoms with Crippen LogP contribution in [0.1, 0.15) is 24.0 Å². The second-order valence-corrected chi connectivity index (χ2v) is 9.72. The highest BCUT2D eigenvalue weighted by Crippen LogP contribution is 2.26. The van der Waals surface area contributed by atoms with E-state index in [0.29, 0.717) is 17.3 Å². The van der Waals surface area contributed by atoms with Crippen molar-refractivity contribution < 1.29 is 13.2 Å². The van der Waals surface area contributed by atoms with Gasteiger partial charge in [-0.1, -0.05) is 72.6 Å². The molecule has 0 aliphatic carbocycles. The maximum absolute atomic E-state index is 13.4. The molecule has 0 saturated heterocycles. The molecular formula is C24H25ClN2O3S. The zero-order chi connectivity index (χ0) is 22.4. The zero-order valence-electron chi connectivity index (χ0n) is 17.5. The van der Waals surface area contributed by atoms with Gasteiger partial charge in [-0.25, -0.2) is 8.42 Å². The Hall–Kier alpha value is -2.83. The molecule has 0 spiro atoms. The van der Waals surface area contributed by atoms with Crippen molar-refractivity contribution in [2.24, 2.45) is 0 Å². The smallest absolute Gasteiger partial charge is 0.264 e. The average Bonchev–Trinajstić information content (AvgIpc) is 2.76. The highest BCUT2D eigenvalue weighted by Gasteiger charge is 2.27. The Morgan fingerprint density at radius 2 is 1.68 bits per heavy atom. The summed E-state index contributed by atoms with van der Waals surface area (Å²) in [6, 6.07) is 22.8. The second kappa shape index (κ2) is 9.98. The van der Waals surface area contributed by atoms with Crippen molar-refractivity contribution in [2.75, 3.05) is 17.4 Å². The number of carbonyl (C=O) groups is 1. The van der Waals surface area contributed by atoms with Gasteiger partial charge in [-0.05, 0) is 48.7 Å². The molecule has 5 nitrogen and oxygen atoms in total. The lowest BCUT2D eigenvalue weighted by Crippen LogP contribution is -2.41. The maximum Gasteiger partial charge on any atom is 0.264 e. The number of sulfonamides is 1. The lowest BCUT2D eigenvalue weighted by molar-refractivity contribution is -0.119. The average molecular weight is 457 g/mol. The van der Waals surface area contributed by atoms with E-state index in [1.165, 1.54) is 18.2 Å². The lowest BCUT2D eigenvalue weighted by atomic mass is 10.0. The summed E-state index contributed by atoms with van der Waals surface area (Å²) in [4.78, 5) is 12.8. The Morgan fingerprint density at radius 1 is 1.00 bits per heavy atom. The van der Waals surface area contributed by atoms with Crippen molar-refractivity contribution in [3.8, 4) is 0 Å². The first-order valence-electron chi connectivity index (χ1n) is 9.94. The molecule has 0 unspecified atom stereocenters. The molecule has 0 aliphatic rings. The van der Waals surface area contributed by atoms with Crippen molar-refractivity contribution in [1.82, 2.24) is 5.32 Å². The number of aryl methyl sites for hydroxylation is 1. The van der Waals surface area contributed by atoms with E-state index in [9.17, 15) is 13.2 Å². The van der Waals surface area contributed by atoms with Crippen molar-refractivity contribution >= 4 is 33.2 Å². The fourth-order valence-electron chi connectivity index (χ4n) is 3.14. The highest BCUT2D eigenvalue weighted by atomic mass is 35.5. The molecule has 3 rings (SSSR count). The van der Waals surface area contributed by atoms with Gasteiger partial charge < -0.3 is 5.32 Å².